The fourth-order valence-electron chi connectivity index (χ4n) is 3.01. The smallest absolute Gasteiger partial charge is 0.414 e. The Labute approximate surface area is 218 Å². The van der Waals surface area contributed by atoms with Gasteiger partial charge in [0.15, 0.2) is 5.75 Å². The first-order valence-corrected chi connectivity index (χ1v) is 11.3. The fourth-order valence-corrected chi connectivity index (χ4v) is 3.75. The number of hydrogen-bond donors (Lipinski definition) is 2. The van der Waals surface area contributed by atoms with Crippen LogP contribution in [0.25, 0.3) is 11.0 Å². The van der Waals surface area contributed by atoms with Gasteiger partial charge in [-0.1, -0.05) is 23.7 Å². The van der Waals surface area contributed by atoms with Crippen LogP contribution in [0.1, 0.15) is 16.7 Å². The van der Waals surface area contributed by atoms with Gasteiger partial charge in [-0.05, 0) is 36.2 Å². The number of hydrogen-bond acceptors (Lipinski definition) is 6. The van der Waals surface area contributed by atoms with Crippen LogP contribution in [0, 0.1) is 6.92 Å². The van der Waals surface area contributed by atoms with Crippen LogP contribution in [-0.2, 0) is 16.6 Å². The molecular weight excluding hydrogens is 481 g/mol. The number of carbonyl (C=O) groups excluding carboxylic acids is 1. The van der Waals surface area contributed by atoms with Crippen molar-refractivity contribution in [1.29, 1.82) is 0 Å². The normalized spacial score (nSPS) is 11.1. The van der Waals surface area contributed by atoms with Crippen molar-refractivity contribution in [1.82, 2.24) is 9.62 Å². The molecule has 171 valence electrons. The van der Waals surface area contributed by atoms with E-state index < -0.39 is 21.9 Å². The van der Waals surface area contributed by atoms with Crippen LogP contribution in [0.4, 0.5) is 10.5 Å². The predicted octanol–water partition coefficient (Wildman–Crippen LogP) is 2.90. The molecule has 0 unspecified atom stereocenters. The molecule has 33 heavy (non-hydrogen) atoms. The Bertz CT molecular complexity index is 1360. The summed E-state index contributed by atoms with van der Waals surface area (Å²) in [6.07, 6.45) is -0.399. The van der Waals surface area contributed by atoms with E-state index in [0.29, 0.717) is 27.8 Å². The van der Waals surface area contributed by atoms with Gasteiger partial charge in [-0.3, -0.25) is 4.72 Å². The van der Waals surface area contributed by atoms with Gasteiger partial charge in [0, 0.05) is 74.1 Å². The molecule has 12 heteroatoms. The number of carbonyl (C=O) groups is 1. The number of fused-ring (bicyclic) bond motifs is 1. The molecule has 0 atom stereocenters. The molecular formula is C21H22ClN3NaO6S. The Morgan fingerprint density at radius 3 is 2.55 bits per heavy atom. The average Bonchev–Trinajstić information content (AvgIpc) is 2.72. The van der Waals surface area contributed by atoms with Crippen molar-refractivity contribution in [3.8, 4) is 5.75 Å². The van der Waals surface area contributed by atoms with E-state index in [0.717, 1.165) is 0 Å². The molecule has 1 amide bonds. The van der Waals surface area contributed by atoms with E-state index in [4.69, 9.17) is 20.8 Å². The summed E-state index contributed by atoms with van der Waals surface area (Å²) in [6, 6.07) is 9.68. The van der Waals surface area contributed by atoms with Crippen LogP contribution >= 0.6 is 11.6 Å². The molecule has 0 fully saturated rings. The van der Waals surface area contributed by atoms with Gasteiger partial charge in [-0.15, -0.1) is 0 Å². The third-order valence-electron chi connectivity index (χ3n) is 4.73. The van der Waals surface area contributed by atoms with Gasteiger partial charge in [-0.2, -0.15) is 8.42 Å². The molecule has 0 bridgehead atoms. The van der Waals surface area contributed by atoms with Crippen LogP contribution in [-0.4, -0.2) is 70.1 Å². The second-order valence-electron chi connectivity index (χ2n) is 7.22. The first-order chi connectivity index (χ1) is 15.0. The molecule has 1 radical (unpaired) electrons. The van der Waals surface area contributed by atoms with E-state index in [1.165, 1.54) is 32.1 Å². The van der Waals surface area contributed by atoms with Gasteiger partial charge in [0.25, 0.3) is 10.2 Å². The summed E-state index contributed by atoms with van der Waals surface area (Å²) in [5.74, 6) is 0.0812. The topological polar surface area (TPSA) is 118 Å². The number of aryl methyl sites for hydroxylation is 1. The molecule has 3 rings (SSSR count). The second kappa shape index (κ2) is 10.9. The summed E-state index contributed by atoms with van der Waals surface area (Å²) in [6.45, 7) is 1.77. The van der Waals surface area contributed by atoms with Crippen molar-refractivity contribution in [2.45, 2.75) is 13.3 Å². The van der Waals surface area contributed by atoms with E-state index in [1.807, 2.05) is 0 Å². The van der Waals surface area contributed by atoms with Gasteiger partial charge in [0.1, 0.15) is 5.58 Å². The van der Waals surface area contributed by atoms with Crippen molar-refractivity contribution < 1.29 is 22.4 Å². The molecule has 0 aliphatic heterocycles. The van der Waals surface area contributed by atoms with E-state index in [2.05, 4.69) is 9.44 Å². The van der Waals surface area contributed by atoms with Crippen LogP contribution < -0.4 is 19.8 Å². The monoisotopic (exact) mass is 502 g/mol. The minimum Gasteiger partial charge on any atom is -0.422 e. The molecule has 1 aromatic heterocycles. The van der Waals surface area contributed by atoms with Crippen LogP contribution in [0.15, 0.2) is 45.6 Å². The van der Waals surface area contributed by atoms with Crippen molar-refractivity contribution >= 4 is 74.1 Å². The zero-order chi connectivity index (χ0) is 23.6. The summed E-state index contributed by atoms with van der Waals surface area (Å²) in [5.41, 5.74) is 1.81. The third kappa shape index (κ3) is 6.50. The quantitative estimate of drug-likeness (QED) is 0.395. The summed E-state index contributed by atoms with van der Waals surface area (Å²) in [4.78, 5) is 25.8. The Kier molecular flexibility index (Phi) is 8.97. The molecule has 0 aliphatic rings. The van der Waals surface area contributed by atoms with E-state index in [-0.39, 0.29) is 52.3 Å². The average molecular weight is 503 g/mol. The summed E-state index contributed by atoms with van der Waals surface area (Å²) in [7, 11) is 0.704. The Balaban J connectivity index is 0.00000385. The van der Waals surface area contributed by atoms with Crippen LogP contribution in [0.2, 0.25) is 5.02 Å². The first kappa shape index (κ1) is 27.2. The van der Waals surface area contributed by atoms with E-state index in [1.54, 1.807) is 37.3 Å². The molecule has 1 heterocycles. The van der Waals surface area contributed by atoms with E-state index in [9.17, 15) is 18.0 Å². The maximum absolute atomic E-state index is 12.7. The number of nitrogens with one attached hydrogen (secondary N) is 2. The number of nitrogens with zero attached hydrogens (tertiary/aromatic N) is 1. The van der Waals surface area contributed by atoms with Gasteiger partial charge in [0.2, 0.25) is 0 Å². The molecule has 2 aromatic carbocycles. The second-order valence-corrected chi connectivity index (χ2v) is 9.25. The minimum atomic E-state index is -3.66. The standard InChI is InChI=1S/C21H22ClN3O6S.Na/c1-12-15-10-17(22)19(31-21(27)25(3)4)11-18(15)30-20(26)16(12)9-13-6-5-7-14(8-13)24-32(28,29)23-2;/h5-8,10-11,23-24H,9H2,1-4H3;. The maximum atomic E-state index is 12.7. The zero-order valence-electron chi connectivity index (χ0n) is 18.9. The zero-order valence-corrected chi connectivity index (χ0v) is 22.4. The minimum absolute atomic E-state index is 0. The molecule has 2 N–H and O–H groups in total. The number of anilines is 1. The molecule has 0 saturated carbocycles. The Hall–Kier alpha value is -2.08. The molecule has 3 aromatic rings. The number of halogens is 1. The van der Waals surface area contributed by atoms with Crippen molar-refractivity contribution in [2.75, 3.05) is 25.9 Å². The van der Waals surface area contributed by atoms with Gasteiger partial charge in [0.05, 0.1) is 10.7 Å². The van der Waals surface area contributed by atoms with Crippen molar-refractivity contribution in [3.63, 3.8) is 0 Å². The molecule has 0 aliphatic carbocycles. The van der Waals surface area contributed by atoms with Crippen molar-refractivity contribution in [2.24, 2.45) is 0 Å². The van der Waals surface area contributed by atoms with Gasteiger partial charge < -0.3 is 14.1 Å². The summed E-state index contributed by atoms with van der Waals surface area (Å²) in [5, 5.41) is 0.792. The molecule has 0 spiro atoms. The number of rotatable bonds is 6. The molecule has 9 nitrogen and oxygen atoms in total. The predicted molar refractivity (Wildman–Crippen MR) is 129 cm³/mol. The summed E-state index contributed by atoms with van der Waals surface area (Å²) < 4.78 is 38.7. The number of amides is 1. The Morgan fingerprint density at radius 2 is 1.91 bits per heavy atom. The fraction of sp³-hybridized carbons (Fsp3) is 0.238. The van der Waals surface area contributed by atoms with Crippen molar-refractivity contribution in [3.05, 3.63) is 68.5 Å². The summed E-state index contributed by atoms with van der Waals surface area (Å²) >= 11 is 6.29. The van der Waals surface area contributed by atoms with Crippen LogP contribution in [0.3, 0.4) is 0 Å². The number of ether oxygens (including phenoxy) is 1. The first-order valence-electron chi connectivity index (χ1n) is 9.46. The molecule has 0 saturated heterocycles. The van der Waals surface area contributed by atoms with Gasteiger partial charge >= 0.3 is 11.7 Å². The third-order valence-corrected chi connectivity index (χ3v) is 6.07. The number of benzene rings is 2. The Morgan fingerprint density at radius 1 is 1.21 bits per heavy atom. The SMILES string of the molecule is CNS(=O)(=O)Nc1cccc(Cc2c(C)c3cc(Cl)c(OC(=O)N(C)C)cc3oc2=O)c1.[Na]. The van der Waals surface area contributed by atoms with Crippen LogP contribution in [0.5, 0.6) is 5.75 Å². The van der Waals surface area contributed by atoms with Gasteiger partial charge in [-0.25, -0.2) is 14.3 Å². The maximum Gasteiger partial charge on any atom is 0.414 e. The van der Waals surface area contributed by atoms with E-state index >= 15 is 0 Å². The largest absolute Gasteiger partial charge is 0.422 e.